The Balaban J connectivity index is 2.15. The van der Waals surface area contributed by atoms with Gasteiger partial charge in [0.1, 0.15) is 5.75 Å². The van der Waals surface area contributed by atoms with Gasteiger partial charge >= 0.3 is 0 Å². The highest BCUT2D eigenvalue weighted by atomic mass is 16.5. The van der Waals surface area contributed by atoms with Crippen LogP contribution in [0.3, 0.4) is 0 Å². The van der Waals surface area contributed by atoms with Gasteiger partial charge in [-0.1, -0.05) is 0 Å². The molecule has 3 N–H and O–H groups in total. The van der Waals surface area contributed by atoms with E-state index in [2.05, 4.69) is 4.90 Å². The number of aliphatic hydroxyl groups is 1. The van der Waals surface area contributed by atoms with Crippen molar-refractivity contribution in [2.45, 2.75) is 6.42 Å². The highest BCUT2D eigenvalue weighted by Gasteiger charge is 2.22. The van der Waals surface area contributed by atoms with E-state index in [4.69, 9.17) is 15.6 Å². The van der Waals surface area contributed by atoms with Crippen LogP contribution in [0.4, 0.5) is 11.4 Å². The van der Waals surface area contributed by atoms with Gasteiger partial charge in [0, 0.05) is 37.4 Å². The minimum Gasteiger partial charge on any atom is -0.495 e. The van der Waals surface area contributed by atoms with Crippen LogP contribution in [0.1, 0.15) is 6.42 Å². The molecule has 1 aromatic carbocycles. The topological polar surface area (TPSA) is 58.7 Å². The van der Waals surface area contributed by atoms with Crippen LogP contribution in [0.15, 0.2) is 18.2 Å². The number of methoxy groups -OCH3 is 1. The van der Waals surface area contributed by atoms with Gasteiger partial charge in [-0.3, -0.25) is 0 Å². The van der Waals surface area contributed by atoms with Crippen molar-refractivity contribution >= 4 is 11.4 Å². The van der Waals surface area contributed by atoms with Crippen LogP contribution in [-0.2, 0) is 0 Å². The summed E-state index contributed by atoms with van der Waals surface area (Å²) in [5.41, 5.74) is 7.54. The summed E-state index contributed by atoms with van der Waals surface area (Å²) in [6, 6.07) is 5.81. The third-order valence-electron chi connectivity index (χ3n) is 3.13. The van der Waals surface area contributed by atoms with Gasteiger partial charge in [-0.05, 0) is 18.6 Å². The van der Waals surface area contributed by atoms with E-state index in [0.29, 0.717) is 17.4 Å². The van der Waals surface area contributed by atoms with Crippen LogP contribution >= 0.6 is 0 Å². The highest BCUT2D eigenvalue weighted by molar-refractivity contribution is 5.62. The van der Waals surface area contributed by atoms with Gasteiger partial charge in [0.2, 0.25) is 0 Å². The second-order valence-corrected chi connectivity index (χ2v) is 4.21. The van der Waals surface area contributed by atoms with Gasteiger partial charge in [-0.15, -0.1) is 0 Å². The van der Waals surface area contributed by atoms with Crippen LogP contribution in [0.25, 0.3) is 0 Å². The molecule has 0 amide bonds. The first-order valence-electron chi connectivity index (χ1n) is 5.54. The van der Waals surface area contributed by atoms with Crippen molar-refractivity contribution in [2.75, 3.05) is 37.4 Å². The Kier molecular flexibility index (Phi) is 3.19. The number of anilines is 2. The third kappa shape index (κ3) is 2.07. The Morgan fingerprint density at radius 2 is 2.38 bits per heavy atom. The van der Waals surface area contributed by atoms with Gasteiger partial charge in [0.25, 0.3) is 0 Å². The van der Waals surface area contributed by atoms with Crippen LogP contribution < -0.4 is 15.4 Å². The number of benzene rings is 1. The summed E-state index contributed by atoms with van der Waals surface area (Å²) in [6.45, 7) is 2.16. The van der Waals surface area contributed by atoms with E-state index in [1.165, 1.54) is 0 Å². The SMILES string of the molecule is COc1cc(N2CCC(CO)C2)ccc1N. The van der Waals surface area contributed by atoms with E-state index in [0.717, 1.165) is 25.2 Å². The molecule has 1 heterocycles. The van der Waals surface area contributed by atoms with Gasteiger partial charge in [-0.25, -0.2) is 0 Å². The lowest BCUT2D eigenvalue weighted by Crippen LogP contribution is -2.20. The maximum Gasteiger partial charge on any atom is 0.143 e. The second kappa shape index (κ2) is 4.61. The summed E-state index contributed by atoms with van der Waals surface area (Å²) in [5, 5.41) is 9.10. The highest BCUT2D eigenvalue weighted by Crippen LogP contribution is 2.30. The van der Waals surface area contributed by atoms with Gasteiger partial charge in [0.05, 0.1) is 12.8 Å². The molecule has 1 aromatic rings. The molecule has 1 saturated heterocycles. The lowest BCUT2D eigenvalue weighted by atomic mass is 10.1. The molecule has 0 bridgehead atoms. The van der Waals surface area contributed by atoms with Crippen LogP contribution in [0.5, 0.6) is 5.75 Å². The first kappa shape index (κ1) is 11.1. The first-order valence-corrected chi connectivity index (χ1v) is 5.54. The predicted octanol–water partition coefficient (Wildman–Crippen LogP) is 1.10. The van der Waals surface area contributed by atoms with Crippen molar-refractivity contribution in [3.05, 3.63) is 18.2 Å². The standard InChI is InChI=1S/C12H18N2O2/c1-16-12-6-10(2-3-11(12)13)14-5-4-9(7-14)8-15/h2-3,6,9,15H,4-5,7-8,13H2,1H3. The van der Waals surface area contributed by atoms with Gasteiger partial charge in [-0.2, -0.15) is 0 Å². The van der Waals surface area contributed by atoms with Crippen molar-refractivity contribution in [1.29, 1.82) is 0 Å². The summed E-state index contributed by atoms with van der Waals surface area (Å²) in [7, 11) is 1.62. The zero-order valence-electron chi connectivity index (χ0n) is 9.52. The second-order valence-electron chi connectivity index (χ2n) is 4.21. The van der Waals surface area contributed by atoms with Crippen molar-refractivity contribution in [3.8, 4) is 5.75 Å². The van der Waals surface area contributed by atoms with Crippen molar-refractivity contribution in [3.63, 3.8) is 0 Å². The summed E-state index contributed by atoms with van der Waals surface area (Å²) in [4.78, 5) is 2.25. The molecule has 0 radical (unpaired) electrons. The molecule has 1 aliphatic rings. The Hall–Kier alpha value is -1.42. The predicted molar refractivity (Wildman–Crippen MR) is 64.8 cm³/mol. The molecule has 0 spiro atoms. The van der Waals surface area contributed by atoms with Crippen LogP contribution in [-0.4, -0.2) is 31.9 Å². The molecule has 1 fully saturated rings. The molecule has 0 saturated carbocycles. The van der Waals surface area contributed by atoms with Gasteiger partial charge in [0.15, 0.2) is 0 Å². The molecule has 0 aromatic heterocycles. The fraction of sp³-hybridized carbons (Fsp3) is 0.500. The fourth-order valence-corrected chi connectivity index (χ4v) is 2.11. The smallest absolute Gasteiger partial charge is 0.143 e. The van der Waals surface area contributed by atoms with E-state index in [1.54, 1.807) is 7.11 Å². The average molecular weight is 222 g/mol. The normalized spacial score (nSPS) is 20.1. The van der Waals surface area contributed by atoms with Crippen molar-refractivity contribution < 1.29 is 9.84 Å². The number of ether oxygens (including phenoxy) is 1. The molecule has 0 aliphatic carbocycles. The maximum absolute atomic E-state index is 9.10. The fourth-order valence-electron chi connectivity index (χ4n) is 2.11. The Morgan fingerprint density at radius 3 is 3.00 bits per heavy atom. The number of rotatable bonds is 3. The van der Waals surface area contributed by atoms with E-state index in [1.807, 2.05) is 18.2 Å². The number of nitrogens with two attached hydrogens (primary N) is 1. The molecule has 4 heteroatoms. The minimum absolute atomic E-state index is 0.266. The van der Waals surface area contributed by atoms with Crippen molar-refractivity contribution in [2.24, 2.45) is 5.92 Å². The molecular formula is C12H18N2O2. The Morgan fingerprint density at radius 1 is 1.56 bits per heavy atom. The lowest BCUT2D eigenvalue weighted by molar-refractivity contribution is 0.238. The monoisotopic (exact) mass is 222 g/mol. The van der Waals surface area contributed by atoms with E-state index in [9.17, 15) is 0 Å². The average Bonchev–Trinajstić information content (AvgIpc) is 2.78. The largest absolute Gasteiger partial charge is 0.495 e. The number of hydrogen-bond acceptors (Lipinski definition) is 4. The molecule has 1 aliphatic heterocycles. The molecule has 4 nitrogen and oxygen atoms in total. The number of nitrogens with zero attached hydrogens (tertiary/aromatic N) is 1. The summed E-state index contributed by atoms with van der Waals surface area (Å²) < 4.78 is 5.20. The van der Waals surface area contributed by atoms with E-state index in [-0.39, 0.29) is 6.61 Å². The molecule has 88 valence electrons. The molecular weight excluding hydrogens is 204 g/mol. The lowest BCUT2D eigenvalue weighted by Gasteiger charge is -2.19. The molecule has 16 heavy (non-hydrogen) atoms. The zero-order valence-corrected chi connectivity index (χ0v) is 9.52. The molecule has 1 unspecified atom stereocenters. The number of aliphatic hydroxyl groups excluding tert-OH is 1. The van der Waals surface area contributed by atoms with Crippen molar-refractivity contribution in [1.82, 2.24) is 0 Å². The van der Waals surface area contributed by atoms with E-state index >= 15 is 0 Å². The van der Waals surface area contributed by atoms with Gasteiger partial charge < -0.3 is 20.5 Å². The quantitative estimate of drug-likeness (QED) is 0.752. The number of nitrogen functional groups attached to an aromatic ring is 1. The Labute approximate surface area is 95.6 Å². The third-order valence-corrected chi connectivity index (χ3v) is 3.13. The van der Waals surface area contributed by atoms with Crippen LogP contribution in [0.2, 0.25) is 0 Å². The van der Waals surface area contributed by atoms with Crippen LogP contribution in [0, 0.1) is 5.92 Å². The summed E-state index contributed by atoms with van der Waals surface area (Å²) >= 11 is 0. The molecule has 2 rings (SSSR count). The Bertz CT molecular complexity index is 368. The van der Waals surface area contributed by atoms with E-state index < -0.39 is 0 Å². The zero-order chi connectivity index (χ0) is 11.5. The summed E-state index contributed by atoms with van der Waals surface area (Å²) in [5.74, 6) is 1.11. The minimum atomic E-state index is 0.266. The first-order chi connectivity index (χ1) is 7.74. The maximum atomic E-state index is 9.10. The number of hydrogen-bond donors (Lipinski definition) is 2. The summed E-state index contributed by atoms with van der Waals surface area (Å²) in [6.07, 6.45) is 1.04. The molecule has 1 atom stereocenters.